The van der Waals surface area contributed by atoms with Crippen molar-refractivity contribution >= 4 is 11.8 Å². The predicted molar refractivity (Wildman–Crippen MR) is 110 cm³/mol. The van der Waals surface area contributed by atoms with Gasteiger partial charge in [0.25, 0.3) is 11.8 Å². The van der Waals surface area contributed by atoms with Crippen LogP contribution in [0.3, 0.4) is 0 Å². The topological polar surface area (TPSA) is 124 Å². The highest BCUT2D eigenvalue weighted by molar-refractivity contribution is 5.81. The molecule has 3 N–H and O–H groups in total. The van der Waals surface area contributed by atoms with Crippen molar-refractivity contribution < 1.29 is 23.8 Å². The van der Waals surface area contributed by atoms with Crippen molar-refractivity contribution in [1.29, 1.82) is 5.26 Å². The van der Waals surface area contributed by atoms with Crippen LogP contribution >= 0.6 is 0 Å². The van der Waals surface area contributed by atoms with Crippen molar-refractivity contribution in [3.05, 3.63) is 53.6 Å². The number of nitriles is 1. The molecule has 2 rings (SSSR count). The summed E-state index contributed by atoms with van der Waals surface area (Å²) in [5, 5.41) is 12.1. The number of ether oxygens (including phenoxy) is 3. The average molecular weight is 411 g/mol. The summed E-state index contributed by atoms with van der Waals surface area (Å²) in [7, 11) is 1.48. The smallest absolute Gasteiger partial charge is 0.261 e. The Morgan fingerprint density at radius 3 is 2.50 bits per heavy atom. The number of nitrogens with two attached hydrogens (primary N) is 1. The molecular weight excluding hydrogens is 386 g/mol. The highest BCUT2D eigenvalue weighted by atomic mass is 16.5. The lowest BCUT2D eigenvalue weighted by atomic mass is 10.1. The van der Waals surface area contributed by atoms with Crippen LogP contribution in [0.5, 0.6) is 17.2 Å². The number of benzene rings is 2. The second-order valence-corrected chi connectivity index (χ2v) is 6.85. The standard InChI is InChI=1S/C22H25N3O5/c1-14(2)21(30-17-7-5-4-6-16(17)11-23)22(27)25-12-15-8-9-18(19(10-15)28-3)29-13-20(24)26/h4-10,14,21H,12-13H2,1-3H3,(H2,24,26)(H,25,27). The Hall–Kier alpha value is -3.73. The average Bonchev–Trinajstić information content (AvgIpc) is 2.74. The predicted octanol–water partition coefficient (Wildman–Crippen LogP) is 2.15. The minimum Gasteiger partial charge on any atom is -0.493 e. The third-order valence-corrected chi connectivity index (χ3v) is 4.19. The number of hydrogen-bond acceptors (Lipinski definition) is 6. The van der Waals surface area contributed by atoms with Gasteiger partial charge in [0.1, 0.15) is 11.8 Å². The molecule has 0 fully saturated rings. The number of nitrogens with one attached hydrogen (secondary N) is 1. The Balaban J connectivity index is 2.06. The fourth-order valence-electron chi connectivity index (χ4n) is 2.67. The van der Waals surface area contributed by atoms with Gasteiger partial charge in [-0.2, -0.15) is 5.26 Å². The molecule has 158 valence electrons. The van der Waals surface area contributed by atoms with E-state index < -0.39 is 12.0 Å². The van der Waals surface area contributed by atoms with Crippen molar-refractivity contribution in [2.75, 3.05) is 13.7 Å². The zero-order chi connectivity index (χ0) is 22.1. The molecule has 8 heteroatoms. The molecule has 0 saturated carbocycles. The number of hydrogen-bond donors (Lipinski definition) is 2. The fraction of sp³-hybridized carbons (Fsp3) is 0.318. The minimum absolute atomic E-state index is 0.115. The Kier molecular flexibility index (Phi) is 8.06. The molecule has 0 aliphatic heterocycles. The SMILES string of the molecule is COc1cc(CNC(=O)C(Oc2ccccc2C#N)C(C)C)ccc1OCC(N)=O. The first-order chi connectivity index (χ1) is 14.3. The van der Waals surface area contributed by atoms with Crippen molar-refractivity contribution in [2.24, 2.45) is 11.7 Å². The van der Waals surface area contributed by atoms with Gasteiger partial charge in [0.15, 0.2) is 24.2 Å². The van der Waals surface area contributed by atoms with Crippen LogP contribution in [0.4, 0.5) is 0 Å². The zero-order valence-electron chi connectivity index (χ0n) is 17.2. The molecule has 1 atom stereocenters. The summed E-state index contributed by atoms with van der Waals surface area (Å²) in [6, 6.07) is 13.9. The van der Waals surface area contributed by atoms with Crippen molar-refractivity contribution in [1.82, 2.24) is 5.32 Å². The quantitative estimate of drug-likeness (QED) is 0.617. The van der Waals surface area contributed by atoms with Crippen LogP contribution < -0.4 is 25.3 Å². The molecule has 2 aromatic carbocycles. The van der Waals surface area contributed by atoms with Crippen molar-refractivity contribution in [3.8, 4) is 23.3 Å². The number of amides is 2. The molecule has 0 aliphatic rings. The fourth-order valence-corrected chi connectivity index (χ4v) is 2.67. The minimum atomic E-state index is -0.764. The van der Waals surface area contributed by atoms with E-state index in [0.29, 0.717) is 22.8 Å². The molecule has 0 aliphatic carbocycles. The van der Waals surface area contributed by atoms with E-state index in [1.807, 2.05) is 13.8 Å². The largest absolute Gasteiger partial charge is 0.493 e. The molecule has 0 aromatic heterocycles. The van der Waals surface area contributed by atoms with E-state index in [1.165, 1.54) is 7.11 Å². The molecule has 0 bridgehead atoms. The molecule has 30 heavy (non-hydrogen) atoms. The van der Waals surface area contributed by atoms with Crippen LogP contribution in [0, 0.1) is 17.2 Å². The van der Waals surface area contributed by atoms with Crippen molar-refractivity contribution in [3.63, 3.8) is 0 Å². The van der Waals surface area contributed by atoms with Crippen LogP contribution in [0.1, 0.15) is 25.0 Å². The first-order valence-corrected chi connectivity index (χ1v) is 9.37. The van der Waals surface area contributed by atoms with Gasteiger partial charge in [0.05, 0.1) is 12.7 Å². The summed E-state index contributed by atoms with van der Waals surface area (Å²) < 4.78 is 16.4. The maximum absolute atomic E-state index is 12.7. The van der Waals surface area contributed by atoms with Crippen LogP contribution in [-0.2, 0) is 16.1 Å². The molecule has 0 spiro atoms. The van der Waals surface area contributed by atoms with Crippen LogP contribution in [0.2, 0.25) is 0 Å². The molecule has 0 heterocycles. The van der Waals surface area contributed by atoms with Gasteiger partial charge in [-0.05, 0) is 35.7 Å². The summed E-state index contributed by atoms with van der Waals surface area (Å²) in [4.78, 5) is 23.6. The summed E-state index contributed by atoms with van der Waals surface area (Å²) in [6.45, 7) is 3.71. The lowest BCUT2D eigenvalue weighted by Crippen LogP contribution is -2.41. The number of methoxy groups -OCH3 is 1. The molecule has 0 saturated heterocycles. The molecular formula is C22H25N3O5. The summed E-state index contributed by atoms with van der Waals surface area (Å²) in [6.07, 6.45) is -0.764. The van der Waals surface area contributed by atoms with Gasteiger partial charge in [-0.25, -0.2) is 0 Å². The van der Waals surface area contributed by atoms with Crippen molar-refractivity contribution in [2.45, 2.75) is 26.5 Å². The van der Waals surface area contributed by atoms with Crippen LogP contribution in [0.15, 0.2) is 42.5 Å². The van der Waals surface area contributed by atoms with Gasteiger partial charge >= 0.3 is 0 Å². The van der Waals surface area contributed by atoms with Gasteiger partial charge in [0.2, 0.25) is 0 Å². The van der Waals surface area contributed by atoms with E-state index >= 15 is 0 Å². The van der Waals surface area contributed by atoms with Gasteiger partial charge in [0, 0.05) is 6.54 Å². The summed E-state index contributed by atoms with van der Waals surface area (Å²) >= 11 is 0. The molecule has 2 aromatic rings. The van der Waals surface area contributed by atoms with E-state index in [4.69, 9.17) is 19.9 Å². The van der Waals surface area contributed by atoms with E-state index in [-0.39, 0.29) is 25.0 Å². The lowest BCUT2D eigenvalue weighted by molar-refractivity contribution is -0.130. The van der Waals surface area contributed by atoms with Crippen LogP contribution in [0.25, 0.3) is 0 Å². The zero-order valence-corrected chi connectivity index (χ0v) is 17.2. The highest BCUT2D eigenvalue weighted by Gasteiger charge is 2.25. The normalized spacial score (nSPS) is 11.3. The molecule has 2 amide bonds. The third-order valence-electron chi connectivity index (χ3n) is 4.19. The number of carbonyl (C=O) groups is 2. The Bertz CT molecular complexity index is 937. The van der Waals surface area contributed by atoms with E-state index in [0.717, 1.165) is 5.56 Å². The van der Waals surface area contributed by atoms with Gasteiger partial charge < -0.3 is 25.3 Å². The number of nitrogens with zero attached hydrogens (tertiary/aromatic N) is 1. The number of primary amides is 1. The van der Waals surface area contributed by atoms with Gasteiger partial charge in [-0.3, -0.25) is 9.59 Å². The summed E-state index contributed by atoms with van der Waals surface area (Å²) in [5.74, 6) is 0.157. The molecule has 1 unspecified atom stereocenters. The Morgan fingerprint density at radius 2 is 1.87 bits per heavy atom. The van der Waals surface area contributed by atoms with E-state index in [1.54, 1.807) is 42.5 Å². The molecule has 8 nitrogen and oxygen atoms in total. The first-order valence-electron chi connectivity index (χ1n) is 9.37. The number of para-hydroxylation sites is 1. The van der Waals surface area contributed by atoms with Gasteiger partial charge in [-0.15, -0.1) is 0 Å². The number of carbonyl (C=O) groups excluding carboxylic acids is 2. The summed E-state index contributed by atoms with van der Waals surface area (Å²) in [5.41, 5.74) is 6.22. The maximum atomic E-state index is 12.7. The monoisotopic (exact) mass is 411 g/mol. The highest BCUT2D eigenvalue weighted by Crippen LogP contribution is 2.28. The number of rotatable bonds is 10. The maximum Gasteiger partial charge on any atom is 0.261 e. The van der Waals surface area contributed by atoms with E-state index in [9.17, 15) is 14.9 Å². The molecule has 0 radical (unpaired) electrons. The van der Waals surface area contributed by atoms with E-state index in [2.05, 4.69) is 11.4 Å². The second-order valence-electron chi connectivity index (χ2n) is 6.85. The third kappa shape index (κ3) is 6.14. The Morgan fingerprint density at radius 1 is 1.13 bits per heavy atom. The van der Waals surface area contributed by atoms with Gasteiger partial charge in [-0.1, -0.05) is 32.0 Å². The first kappa shape index (κ1) is 22.6. The Labute approximate surface area is 175 Å². The second kappa shape index (κ2) is 10.7. The van der Waals surface area contributed by atoms with Crippen LogP contribution in [-0.4, -0.2) is 31.6 Å². The lowest BCUT2D eigenvalue weighted by Gasteiger charge is -2.22.